The molecule has 1 heterocycles. The van der Waals surface area contributed by atoms with Gasteiger partial charge < -0.3 is 9.55 Å². The first-order chi connectivity index (χ1) is 9.65. The van der Waals surface area contributed by atoms with Crippen molar-refractivity contribution in [1.82, 2.24) is 9.55 Å². The molecule has 1 fully saturated rings. The van der Waals surface area contributed by atoms with Gasteiger partial charge >= 0.3 is 0 Å². The van der Waals surface area contributed by atoms with Crippen molar-refractivity contribution >= 4 is 23.3 Å². The van der Waals surface area contributed by atoms with Gasteiger partial charge in [-0.05, 0) is 49.2 Å². The molecule has 4 heteroatoms. The number of aromatic amines is 1. The Kier molecular flexibility index (Phi) is 3.92. The van der Waals surface area contributed by atoms with Crippen LogP contribution in [-0.2, 0) is 6.54 Å². The van der Waals surface area contributed by atoms with Crippen molar-refractivity contribution in [3.63, 3.8) is 0 Å². The monoisotopic (exact) mass is 292 g/mol. The minimum atomic E-state index is -0.173. The maximum absolute atomic E-state index is 13.6. The van der Waals surface area contributed by atoms with Crippen LogP contribution < -0.4 is 0 Å². The number of aryl methyl sites for hydroxylation is 2. The Hall–Kier alpha value is -1.16. The van der Waals surface area contributed by atoms with E-state index < -0.39 is 0 Å². The summed E-state index contributed by atoms with van der Waals surface area (Å²) in [5.41, 5.74) is 2.52. The Morgan fingerprint density at radius 2 is 2.05 bits per heavy atom. The SMILES string of the molecule is Cc1cc2c(cc1F)[nH]c(=S)n2CCC1CCCCC1. The third-order valence-electron chi connectivity index (χ3n) is 4.54. The molecule has 0 atom stereocenters. The number of rotatable bonds is 3. The maximum Gasteiger partial charge on any atom is 0.178 e. The van der Waals surface area contributed by atoms with Gasteiger partial charge in [-0.2, -0.15) is 0 Å². The lowest BCUT2D eigenvalue weighted by atomic mass is 9.87. The fraction of sp³-hybridized carbons (Fsp3) is 0.562. The lowest BCUT2D eigenvalue weighted by Crippen LogP contribution is -2.10. The summed E-state index contributed by atoms with van der Waals surface area (Å²) in [4.78, 5) is 3.12. The number of hydrogen-bond acceptors (Lipinski definition) is 1. The van der Waals surface area contributed by atoms with Crippen LogP contribution in [0.2, 0.25) is 0 Å². The van der Waals surface area contributed by atoms with Crippen LogP contribution in [-0.4, -0.2) is 9.55 Å². The summed E-state index contributed by atoms with van der Waals surface area (Å²) in [6.45, 7) is 2.74. The minimum Gasteiger partial charge on any atom is -0.330 e. The molecule has 108 valence electrons. The van der Waals surface area contributed by atoms with E-state index in [1.165, 1.54) is 38.5 Å². The molecule has 1 aromatic heterocycles. The van der Waals surface area contributed by atoms with Gasteiger partial charge in [0.2, 0.25) is 0 Å². The lowest BCUT2D eigenvalue weighted by Gasteiger charge is -2.21. The van der Waals surface area contributed by atoms with Gasteiger partial charge in [0, 0.05) is 6.54 Å². The molecule has 0 aliphatic heterocycles. The van der Waals surface area contributed by atoms with Crippen LogP contribution in [0, 0.1) is 23.4 Å². The average molecular weight is 292 g/mol. The minimum absolute atomic E-state index is 0.173. The van der Waals surface area contributed by atoms with Gasteiger partial charge in [0.15, 0.2) is 4.77 Å². The molecular weight excluding hydrogens is 271 g/mol. The first kappa shape index (κ1) is 13.8. The summed E-state index contributed by atoms with van der Waals surface area (Å²) in [6, 6.07) is 3.45. The number of imidazole rings is 1. The predicted octanol–water partition coefficient (Wildman–Crippen LogP) is 5.12. The quantitative estimate of drug-likeness (QED) is 0.779. The van der Waals surface area contributed by atoms with Gasteiger partial charge in [0.05, 0.1) is 11.0 Å². The first-order valence-corrected chi connectivity index (χ1v) is 7.94. The molecule has 0 bridgehead atoms. The summed E-state index contributed by atoms with van der Waals surface area (Å²) in [7, 11) is 0. The number of fused-ring (bicyclic) bond motifs is 1. The summed E-state index contributed by atoms with van der Waals surface area (Å²) >= 11 is 5.39. The Bertz CT molecular complexity index is 665. The summed E-state index contributed by atoms with van der Waals surface area (Å²) < 4.78 is 16.4. The van der Waals surface area contributed by atoms with E-state index in [0.29, 0.717) is 10.3 Å². The average Bonchev–Trinajstić information content (AvgIpc) is 2.73. The van der Waals surface area contributed by atoms with Gasteiger partial charge in [-0.3, -0.25) is 0 Å². The van der Waals surface area contributed by atoms with Crippen LogP contribution in [0.15, 0.2) is 12.1 Å². The smallest absolute Gasteiger partial charge is 0.178 e. The molecule has 0 radical (unpaired) electrons. The molecule has 1 saturated carbocycles. The Balaban J connectivity index is 1.85. The molecule has 1 N–H and O–H groups in total. The van der Waals surface area contributed by atoms with Crippen molar-refractivity contribution in [2.75, 3.05) is 0 Å². The molecule has 20 heavy (non-hydrogen) atoms. The van der Waals surface area contributed by atoms with E-state index >= 15 is 0 Å². The second-order valence-corrected chi connectivity index (χ2v) is 6.38. The Morgan fingerprint density at radius 3 is 2.80 bits per heavy atom. The predicted molar refractivity (Wildman–Crippen MR) is 83.0 cm³/mol. The highest BCUT2D eigenvalue weighted by molar-refractivity contribution is 7.71. The molecule has 3 rings (SSSR count). The van der Waals surface area contributed by atoms with Crippen molar-refractivity contribution in [1.29, 1.82) is 0 Å². The molecule has 2 nitrogen and oxygen atoms in total. The molecule has 0 spiro atoms. The van der Waals surface area contributed by atoms with Crippen molar-refractivity contribution in [3.05, 3.63) is 28.3 Å². The molecule has 1 aliphatic carbocycles. The third-order valence-corrected chi connectivity index (χ3v) is 4.86. The van der Waals surface area contributed by atoms with Crippen molar-refractivity contribution in [3.8, 4) is 0 Å². The van der Waals surface area contributed by atoms with Gasteiger partial charge in [0.1, 0.15) is 5.82 Å². The van der Waals surface area contributed by atoms with Crippen LogP contribution in [0.25, 0.3) is 11.0 Å². The van der Waals surface area contributed by atoms with Crippen LogP contribution in [0.5, 0.6) is 0 Å². The highest BCUT2D eigenvalue weighted by Crippen LogP contribution is 2.27. The number of halogens is 1. The van der Waals surface area contributed by atoms with Crippen LogP contribution in [0.4, 0.5) is 4.39 Å². The standard InChI is InChI=1S/C16H21FN2S/c1-11-9-15-14(10-13(11)17)18-16(20)19(15)8-7-12-5-3-2-4-6-12/h9-10,12H,2-8H2,1H3,(H,18,20). The van der Waals surface area contributed by atoms with E-state index in [2.05, 4.69) is 9.55 Å². The molecular formula is C16H21FN2S. The number of hydrogen-bond donors (Lipinski definition) is 1. The van der Waals surface area contributed by atoms with Crippen LogP contribution in [0.3, 0.4) is 0 Å². The van der Waals surface area contributed by atoms with E-state index in [9.17, 15) is 4.39 Å². The van der Waals surface area contributed by atoms with E-state index in [4.69, 9.17) is 12.2 Å². The molecule has 1 aliphatic rings. The number of benzene rings is 1. The second-order valence-electron chi connectivity index (χ2n) is 5.99. The second kappa shape index (κ2) is 5.68. The zero-order valence-electron chi connectivity index (χ0n) is 11.9. The zero-order chi connectivity index (χ0) is 14.1. The number of H-pyrrole nitrogens is 1. The topological polar surface area (TPSA) is 20.7 Å². The van der Waals surface area contributed by atoms with E-state index in [-0.39, 0.29) is 5.82 Å². The van der Waals surface area contributed by atoms with Crippen molar-refractivity contribution in [2.45, 2.75) is 52.0 Å². The van der Waals surface area contributed by atoms with E-state index in [1.807, 2.05) is 6.07 Å². The van der Waals surface area contributed by atoms with Crippen molar-refractivity contribution < 1.29 is 4.39 Å². The van der Waals surface area contributed by atoms with Gasteiger partial charge in [-0.25, -0.2) is 4.39 Å². The fourth-order valence-corrected chi connectivity index (χ4v) is 3.59. The van der Waals surface area contributed by atoms with E-state index in [1.54, 1.807) is 13.0 Å². The molecule has 2 aromatic rings. The Morgan fingerprint density at radius 1 is 1.30 bits per heavy atom. The normalized spacial score (nSPS) is 16.9. The highest BCUT2D eigenvalue weighted by Gasteiger charge is 2.14. The number of nitrogens with zero attached hydrogens (tertiary/aromatic N) is 1. The zero-order valence-corrected chi connectivity index (χ0v) is 12.7. The summed E-state index contributed by atoms with van der Waals surface area (Å²) in [5, 5.41) is 0. The van der Waals surface area contributed by atoms with Crippen molar-refractivity contribution in [2.24, 2.45) is 5.92 Å². The molecule has 0 saturated heterocycles. The van der Waals surface area contributed by atoms with Crippen LogP contribution >= 0.6 is 12.2 Å². The van der Waals surface area contributed by atoms with Crippen LogP contribution in [0.1, 0.15) is 44.1 Å². The van der Waals surface area contributed by atoms with Gasteiger partial charge in [-0.1, -0.05) is 32.1 Å². The molecule has 1 aromatic carbocycles. The largest absolute Gasteiger partial charge is 0.330 e. The summed E-state index contributed by atoms with van der Waals surface area (Å²) in [5.74, 6) is 0.658. The number of aromatic nitrogens is 2. The molecule has 0 unspecified atom stereocenters. The van der Waals surface area contributed by atoms with E-state index in [0.717, 1.165) is 23.5 Å². The lowest BCUT2D eigenvalue weighted by molar-refractivity contribution is 0.325. The molecule has 0 amide bonds. The Labute approximate surface area is 124 Å². The fourth-order valence-electron chi connectivity index (χ4n) is 3.29. The highest BCUT2D eigenvalue weighted by atomic mass is 32.1. The van der Waals surface area contributed by atoms with Gasteiger partial charge in [-0.15, -0.1) is 0 Å². The summed E-state index contributed by atoms with van der Waals surface area (Å²) in [6.07, 6.45) is 8.01. The first-order valence-electron chi connectivity index (χ1n) is 7.54. The third kappa shape index (κ3) is 2.66. The maximum atomic E-state index is 13.6. The number of nitrogens with one attached hydrogen (secondary N) is 1. The van der Waals surface area contributed by atoms with Gasteiger partial charge in [0.25, 0.3) is 0 Å².